The van der Waals surface area contributed by atoms with Crippen LogP contribution in [0.4, 0.5) is 5.69 Å². The van der Waals surface area contributed by atoms with E-state index in [1.54, 1.807) is 31.1 Å². The van der Waals surface area contributed by atoms with E-state index in [0.29, 0.717) is 30.9 Å². The first-order valence-corrected chi connectivity index (χ1v) is 8.88. The molecule has 2 rings (SSSR count). The zero-order chi connectivity index (χ0) is 19.4. The molecule has 7 heteroatoms. The van der Waals surface area contributed by atoms with Gasteiger partial charge in [0, 0.05) is 39.3 Å². The Morgan fingerprint density at radius 1 is 1.35 bits per heavy atom. The van der Waals surface area contributed by atoms with Crippen LogP contribution in [0.25, 0.3) is 0 Å². The molecule has 2 amide bonds. The average Bonchev–Trinajstić information content (AvgIpc) is 2.60. The van der Waals surface area contributed by atoms with Crippen LogP contribution in [0.3, 0.4) is 0 Å². The Bertz CT molecular complexity index is 660. The second kappa shape index (κ2) is 8.40. The number of carbonyl (C=O) groups is 2. The first-order chi connectivity index (χ1) is 12.3. The minimum absolute atomic E-state index is 0.0153. The Balaban J connectivity index is 2.17. The molecule has 1 aliphatic heterocycles. The van der Waals surface area contributed by atoms with E-state index >= 15 is 0 Å². The van der Waals surface area contributed by atoms with E-state index in [2.05, 4.69) is 0 Å². The third kappa shape index (κ3) is 4.27. The van der Waals surface area contributed by atoms with E-state index in [9.17, 15) is 14.7 Å². The molecule has 26 heavy (non-hydrogen) atoms. The summed E-state index contributed by atoms with van der Waals surface area (Å²) in [6, 6.07) is 5.26. The van der Waals surface area contributed by atoms with Gasteiger partial charge in [0.15, 0.2) is 0 Å². The molecule has 0 radical (unpaired) electrons. The maximum absolute atomic E-state index is 12.6. The Morgan fingerprint density at radius 2 is 2.04 bits per heavy atom. The number of aliphatic hydroxyl groups is 1. The second-order valence-electron chi connectivity index (χ2n) is 7.07. The normalized spacial score (nSPS) is 16.1. The van der Waals surface area contributed by atoms with Gasteiger partial charge in [-0.1, -0.05) is 0 Å². The standard InChI is InChI=1S/C19H29N3O4/c1-13(2)22(8-9-23)18(24)11-15-12-26-17-7-6-14(19(25)20(3)4)10-16(17)21(15)5/h6-7,10,13,15,23H,8-9,11-12H2,1-5H3/t15-/m0/s1. The van der Waals surface area contributed by atoms with Gasteiger partial charge in [-0.15, -0.1) is 0 Å². The Labute approximate surface area is 155 Å². The first kappa shape index (κ1) is 20.0. The summed E-state index contributed by atoms with van der Waals surface area (Å²) in [5.41, 5.74) is 1.39. The lowest BCUT2D eigenvalue weighted by atomic mass is 10.1. The number of fused-ring (bicyclic) bond motifs is 1. The number of benzene rings is 1. The van der Waals surface area contributed by atoms with Crippen molar-refractivity contribution in [2.24, 2.45) is 0 Å². The number of hydrogen-bond donors (Lipinski definition) is 1. The van der Waals surface area contributed by atoms with E-state index < -0.39 is 0 Å². The minimum Gasteiger partial charge on any atom is -0.489 e. The number of carbonyl (C=O) groups excluding carboxylic acids is 2. The molecule has 0 bridgehead atoms. The third-order valence-corrected chi connectivity index (χ3v) is 4.67. The number of likely N-dealkylation sites (N-methyl/N-ethyl adjacent to an activating group) is 1. The van der Waals surface area contributed by atoms with E-state index in [4.69, 9.17) is 4.74 Å². The molecule has 1 heterocycles. The zero-order valence-electron chi connectivity index (χ0n) is 16.2. The van der Waals surface area contributed by atoms with Crippen LogP contribution >= 0.6 is 0 Å². The SMILES string of the molecule is CC(C)N(CCO)C(=O)C[C@H]1COc2ccc(C(=O)N(C)C)cc2N1C. The molecule has 0 saturated carbocycles. The fraction of sp³-hybridized carbons (Fsp3) is 0.579. The molecule has 0 fully saturated rings. The predicted octanol–water partition coefficient (Wildman–Crippen LogP) is 1.20. The highest BCUT2D eigenvalue weighted by Gasteiger charge is 2.29. The van der Waals surface area contributed by atoms with Crippen LogP contribution in [0.15, 0.2) is 18.2 Å². The van der Waals surface area contributed by atoms with Crippen LogP contribution in [-0.2, 0) is 4.79 Å². The smallest absolute Gasteiger partial charge is 0.253 e. The van der Waals surface area contributed by atoms with Crippen LogP contribution < -0.4 is 9.64 Å². The number of aliphatic hydroxyl groups excluding tert-OH is 1. The van der Waals surface area contributed by atoms with Crippen molar-refractivity contribution in [3.05, 3.63) is 23.8 Å². The topological polar surface area (TPSA) is 73.3 Å². The number of nitrogens with zero attached hydrogens (tertiary/aromatic N) is 3. The number of rotatable bonds is 6. The van der Waals surface area contributed by atoms with E-state index in [-0.39, 0.29) is 30.5 Å². The molecule has 0 spiro atoms. The maximum Gasteiger partial charge on any atom is 0.253 e. The maximum atomic E-state index is 12.6. The van der Waals surface area contributed by atoms with Gasteiger partial charge in [-0.05, 0) is 32.0 Å². The largest absolute Gasteiger partial charge is 0.489 e. The van der Waals surface area contributed by atoms with Crippen molar-refractivity contribution in [1.82, 2.24) is 9.80 Å². The van der Waals surface area contributed by atoms with Crippen LogP contribution in [0.2, 0.25) is 0 Å². The van der Waals surface area contributed by atoms with Crippen LogP contribution in [0, 0.1) is 0 Å². The van der Waals surface area contributed by atoms with Gasteiger partial charge < -0.3 is 24.5 Å². The van der Waals surface area contributed by atoms with Crippen molar-refractivity contribution in [2.75, 3.05) is 45.8 Å². The highest BCUT2D eigenvalue weighted by molar-refractivity contribution is 5.95. The average molecular weight is 363 g/mol. The van der Waals surface area contributed by atoms with Gasteiger partial charge in [0.05, 0.1) is 24.8 Å². The van der Waals surface area contributed by atoms with Gasteiger partial charge >= 0.3 is 0 Å². The fourth-order valence-corrected chi connectivity index (χ4v) is 3.09. The Hall–Kier alpha value is -2.28. The Morgan fingerprint density at radius 3 is 2.62 bits per heavy atom. The van der Waals surface area contributed by atoms with Crippen molar-refractivity contribution < 1.29 is 19.4 Å². The lowest BCUT2D eigenvalue weighted by Gasteiger charge is -2.37. The summed E-state index contributed by atoms with van der Waals surface area (Å²) in [5.74, 6) is 0.620. The summed E-state index contributed by atoms with van der Waals surface area (Å²) < 4.78 is 5.82. The molecular weight excluding hydrogens is 334 g/mol. The summed E-state index contributed by atoms with van der Waals surface area (Å²) in [4.78, 5) is 30.1. The van der Waals surface area contributed by atoms with Gasteiger partial charge in [0.2, 0.25) is 5.91 Å². The quantitative estimate of drug-likeness (QED) is 0.822. The molecule has 0 aromatic heterocycles. The number of anilines is 1. The van der Waals surface area contributed by atoms with Gasteiger partial charge in [-0.2, -0.15) is 0 Å². The second-order valence-corrected chi connectivity index (χ2v) is 7.07. The summed E-state index contributed by atoms with van der Waals surface area (Å²) in [5, 5.41) is 9.18. The van der Waals surface area contributed by atoms with Crippen LogP contribution in [-0.4, -0.2) is 79.7 Å². The van der Waals surface area contributed by atoms with Gasteiger partial charge in [-0.25, -0.2) is 0 Å². The van der Waals surface area contributed by atoms with E-state index in [1.165, 1.54) is 4.90 Å². The highest BCUT2D eigenvalue weighted by atomic mass is 16.5. The summed E-state index contributed by atoms with van der Waals surface area (Å²) in [7, 11) is 5.34. The molecule has 1 aromatic rings. The Kier molecular flexibility index (Phi) is 6.47. The van der Waals surface area contributed by atoms with Crippen LogP contribution in [0.5, 0.6) is 5.75 Å². The summed E-state index contributed by atoms with van der Waals surface area (Å²) in [6.45, 7) is 4.54. The van der Waals surface area contributed by atoms with Gasteiger partial charge in [0.1, 0.15) is 12.4 Å². The molecule has 0 unspecified atom stereocenters. The molecule has 144 valence electrons. The van der Waals surface area contributed by atoms with Crippen molar-refractivity contribution in [2.45, 2.75) is 32.4 Å². The lowest BCUT2D eigenvalue weighted by molar-refractivity contribution is -0.134. The van der Waals surface area contributed by atoms with Crippen LogP contribution in [0.1, 0.15) is 30.6 Å². The van der Waals surface area contributed by atoms with Crippen molar-refractivity contribution >= 4 is 17.5 Å². The molecular formula is C19H29N3O4. The molecule has 0 saturated heterocycles. The molecule has 7 nitrogen and oxygen atoms in total. The molecule has 1 atom stereocenters. The molecule has 1 N–H and O–H groups in total. The minimum atomic E-state index is -0.125. The third-order valence-electron chi connectivity index (χ3n) is 4.67. The summed E-state index contributed by atoms with van der Waals surface area (Å²) >= 11 is 0. The predicted molar refractivity (Wildman–Crippen MR) is 101 cm³/mol. The van der Waals surface area contributed by atoms with Gasteiger partial charge in [-0.3, -0.25) is 9.59 Å². The van der Waals surface area contributed by atoms with Crippen molar-refractivity contribution in [3.63, 3.8) is 0 Å². The van der Waals surface area contributed by atoms with Crippen molar-refractivity contribution in [3.8, 4) is 5.75 Å². The monoisotopic (exact) mass is 363 g/mol. The molecule has 1 aromatic carbocycles. The first-order valence-electron chi connectivity index (χ1n) is 8.88. The van der Waals surface area contributed by atoms with Crippen molar-refractivity contribution in [1.29, 1.82) is 0 Å². The summed E-state index contributed by atoms with van der Waals surface area (Å²) in [6.07, 6.45) is 0.292. The lowest BCUT2D eigenvalue weighted by Crippen LogP contribution is -2.47. The number of amides is 2. The molecule has 1 aliphatic rings. The van der Waals surface area contributed by atoms with Gasteiger partial charge in [0.25, 0.3) is 5.91 Å². The number of hydrogen-bond acceptors (Lipinski definition) is 5. The van der Waals surface area contributed by atoms with E-state index in [1.807, 2.05) is 31.9 Å². The highest BCUT2D eigenvalue weighted by Crippen LogP contribution is 2.35. The fourth-order valence-electron chi connectivity index (χ4n) is 3.09. The zero-order valence-corrected chi connectivity index (χ0v) is 16.2. The molecule has 0 aliphatic carbocycles. The van der Waals surface area contributed by atoms with E-state index in [0.717, 1.165) is 5.69 Å². The number of ether oxygens (including phenoxy) is 1.